The Hall–Kier alpha value is -1.85. The zero-order chi connectivity index (χ0) is 18.5. The highest BCUT2D eigenvalue weighted by Crippen LogP contribution is 2.30. The molecule has 1 aliphatic rings. The predicted octanol–water partition coefficient (Wildman–Crippen LogP) is 4.35. The molecule has 3 rings (SSSR count). The highest BCUT2D eigenvalue weighted by molar-refractivity contribution is 9.10. The van der Waals surface area contributed by atoms with Gasteiger partial charge in [0.05, 0.1) is 13.0 Å². The van der Waals surface area contributed by atoms with Crippen LogP contribution >= 0.6 is 15.9 Å². The Balaban J connectivity index is 1.90. The minimum Gasteiger partial charge on any atom is -0.497 e. The van der Waals surface area contributed by atoms with Crippen LogP contribution in [0.3, 0.4) is 0 Å². The van der Waals surface area contributed by atoms with E-state index >= 15 is 0 Å². The van der Waals surface area contributed by atoms with Crippen LogP contribution in [0.25, 0.3) is 0 Å². The molecule has 5 heteroatoms. The zero-order valence-electron chi connectivity index (χ0n) is 15.2. The number of carbonyl (C=O) groups is 1. The minimum absolute atomic E-state index is 0.139. The van der Waals surface area contributed by atoms with E-state index in [0.717, 1.165) is 47.4 Å². The molecule has 26 heavy (non-hydrogen) atoms. The summed E-state index contributed by atoms with van der Waals surface area (Å²) in [6, 6.07) is 16.0. The molecule has 0 aliphatic carbocycles. The second kappa shape index (κ2) is 8.69. The Bertz CT molecular complexity index is 742. The monoisotopic (exact) mass is 416 g/mol. The first-order chi connectivity index (χ1) is 12.6. The van der Waals surface area contributed by atoms with E-state index < -0.39 is 0 Å². The van der Waals surface area contributed by atoms with Gasteiger partial charge in [0, 0.05) is 16.2 Å². The highest BCUT2D eigenvalue weighted by atomic mass is 79.9. The van der Waals surface area contributed by atoms with Gasteiger partial charge in [0.2, 0.25) is 5.91 Å². The number of rotatable bonds is 5. The number of carbonyl (C=O) groups excluding carboxylic acids is 1. The predicted molar refractivity (Wildman–Crippen MR) is 109 cm³/mol. The summed E-state index contributed by atoms with van der Waals surface area (Å²) in [5.74, 6) is 0.727. The van der Waals surface area contributed by atoms with Gasteiger partial charge in [-0.05, 0) is 68.8 Å². The van der Waals surface area contributed by atoms with E-state index in [-0.39, 0.29) is 17.9 Å². The van der Waals surface area contributed by atoms with Gasteiger partial charge in [0.1, 0.15) is 5.75 Å². The summed E-state index contributed by atoms with van der Waals surface area (Å²) in [6.45, 7) is 3.87. The lowest BCUT2D eigenvalue weighted by Gasteiger charge is -2.36. The summed E-state index contributed by atoms with van der Waals surface area (Å²) >= 11 is 3.54. The van der Waals surface area contributed by atoms with Crippen molar-refractivity contribution in [2.45, 2.75) is 31.7 Å². The molecule has 0 bridgehead atoms. The summed E-state index contributed by atoms with van der Waals surface area (Å²) in [5.41, 5.74) is 1.96. The summed E-state index contributed by atoms with van der Waals surface area (Å²) in [4.78, 5) is 15.5. The van der Waals surface area contributed by atoms with Gasteiger partial charge in [-0.2, -0.15) is 0 Å². The molecule has 0 saturated carbocycles. The van der Waals surface area contributed by atoms with Crippen LogP contribution in [0.15, 0.2) is 53.0 Å². The molecule has 1 saturated heterocycles. The SMILES string of the molecule is COc1ccc(C(C)C(=O)N(c2cccc(Br)c2)C2CCNCC2)cc1. The summed E-state index contributed by atoms with van der Waals surface area (Å²) in [6.07, 6.45) is 1.93. The zero-order valence-corrected chi connectivity index (χ0v) is 16.8. The lowest BCUT2D eigenvalue weighted by molar-refractivity contribution is -0.120. The van der Waals surface area contributed by atoms with E-state index in [1.165, 1.54) is 0 Å². The Morgan fingerprint density at radius 1 is 1.19 bits per heavy atom. The van der Waals surface area contributed by atoms with Crippen molar-refractivity contribution in [2.24, 2.45) is 0 Å². The molecule has 2 aromatic carbocycles. The van der Waals surface area contributed by atoms with E-state index in [0.29, 0.717) is 0 Å². The van der Waals surface area contributed by atoms with Crippen LogP contribution in [0.2, 0.25) is 0 Å². The van der Waals surface area contributed by atoms with Crippen LogP contribution in [0, 0.1) is 0 Å². The number of anilines is 1. The van der Waals surface area contributed by atoms with Crippen molar-refractivity contribution >= 4 is 27.5 Å². The fourth-order valence-corrected chi connectivity index (χ4v) is 3.84. The fourth-order valence-electron chi connectivity index (χ4n) is 3.45. The summed E-state index contributed by atoms with van der Waals surface area (Å²) in [7, 11) is 1.65. The molecular weight excluding hydrogens is 392 g/mol. The maximum absolute atomic E-state index is 13.5. The largest absolute Gasteiger partial charge is 0.497 e. The summed E-state index contributed by atoms with van der Waals surface area (Å²) < 4.78 is 6.21. The first-order valence-electron chi connectivity index (χ1n) is 9.03. The molecule has 1 N–H and O–H groups in total. The molecule has 4 nitrogen and oxygen atoms in total. The highest BCUT2D eigenvalue weighted by Gasteiger charge is 2.30. The van der Waals surface area contributed by atoms with E-state index in [4.69, 9.17) is 4.74 Å². The molecule has 2 aromatic rings. The van der Waals surface area contributed by atoms with Gasteiger partial charge in [-0.3, -0.25) is 4.79 Å². The number of halogens is 1. The van der Waals surface area contributed by atoms with Crippen LogP contribution in [0.4, 0.5) is 5.69 Å². The topological polar surface area (TPSA) is 41.6 Å². The maximum atomic E-state index is 13.5. The molecule has 1 unspecified atom stereocenters. The Morgan fingerprint density at radius 3 is 2.50 bits per heavy atom. The van der Waals surface area contributed by atoms with Gasteiger partial charge in [0.25, 0.3) is 0 Å². The number of hydrogen-bond acceptors (Lipinski definition) is 3. The van der Waals surface area contributed by atoms with E-state index in [2.05, 4.69) is 21.2 Å². The van der Waals surface area contributed by atoms with Gasteiger partial charge in [-0.1, -0.05) is 34.1 Å². The van der Waals surface area contributed by atoms with Crippen molar-refractivity contribution in [1.82, 2.24) is 5.32 Å². The third-order valence-electron chi connectivity index (χ3n) is 4.98. The second-order valence-corrected chi connectivity index (χ2v) is 7.58. The quantitative estimate of drug-likeness (QED) is 0.787. The Morgan fingerprint density at radius 2 is 1.88 bits per heavy atom. The van der Waals surface area contributed by atoms with Crippen LogP contribution in [0.5, 0.6) is 5.75 Å². The van der Waals surface area contributed by atoms with Crippen molar-refractivity contribution in [2.75, 3.05) is 25.1 Å². The first-order valence-corrected chi connectivity index (χ1v) is 9.82. The van der Waals surface area contributed by atoms with E-state index in [9.17, 15) is 4.79 Å². The molecule has 0 radical (unpaired) electrons. The first kappa shape index (κ1) is 18.9. The Labute approximate surface area is 163 Å². The van der Waals surface area contributed by atoms with Crippen molar-refractivity contribution in [1.29, 1.82) is 0 Å². The maximum Gasteiger partial charge on any atom is 0.234 e. The molecule has 1 atom stereocenters. The third kappa shape index (κ3) is 4.27. The number of nitrogens with zero attached hydrogens (tertiary/aromatic N) is 1. The van der Waals surface area contributed by atoms with Crippen molar-refractivity contribution < 1.29 is 9.53 Å². The number of piperidine rings is 1. The standard InChI is InChI=1S/C21H25BrN2O2/c1-15(16-6-8-20(26-2)9-7-16)21(25)24(18-10-12-23-13-11-18)19-5-3-4-17(22)14-19/h3-9,14-15,18,23H,10-13H2,1-2H3. The minimum atomic E-state index is -0.213. The van der Waals surface area contributed by atoms with Gasteiger partial charge < -0.3 is 15.0 Å². The number of ether oxygens (including phenoxy) is 1. The number of methoxy groups -OCH3 is 1. The molecule has 1 aliphatic heterocycles. The second-order valence-electron chi connectivity index (χ2n) is 6.66. The van der Waals surface area contributed by atoms with Gasteiger partial charge in [0.15, 0.2) is 0 Å². The lowest BCUT2D eigenvalue weighted by atomic mass is 9.96. The smallest absolute Gasteiger partial charge is 0.234 e. The van der Waals surface area contributed by atoms with Crippen LogP contribution in [0.1, 0.15) is 31.2 Å². The molecule has 1 fully saturated rings. The van der Waals surface area contributed by atoms with Gasteiger partial charge in [-0.15, -0.1) is 0 Å². The van der Waals surface area contributed by atoms with E-state index in [1.807, 2.05) is 60.4 Å². The third-order valence-corrected chi connectivity index (χ3v) is 5.48. The van der Waals surface area contributed by atoms with Crippen LogP contribution in [-0.2, 0) is 4.79 Å². The van der Waals surface area contributed by atoms with Crippen molar-refractivity contribution in [3.63, 3.8) is 0 Å². The molecular formula is C21H25BrN2O2. The van der Waals surface area contributed by atoms with Crippen molar-refractivity contribution in [3.05, 3.63) is 58.6 Å². The van der Waals surface area contributed by atoms with Gasteiger partial charge in [-0.25, -0.2) is 0 Å². The number of amides is 1. The number of hydrogen-bond donors (Lipinski definition) is 1. The Kier molecular flexibility index (Phi) is 6.33. The normalized spacial score (nSPS) is 16.1. The molecule has 0 spiro atoms. The molecule has 0 aromatic heterocycles. The van der Waals surface area contributed by atoms with Crippen LogP contribution < -0.4 is 15.0 Å². The fraction of sp³-hybridized carbons (Fsp3) is 0.381. The van der Waals surface area contributed by atoms with Crippen LogP contribution in [-0.4, -0.2) is 32.1 Å². The number of nitrogens with one attached hydrogen (secondary N) is 1. The van der Waals surface area contributed by atoms with Crippen molar-refractivity contribution in [3.8, 4) is 5.75 Å². The lowest BCUT2D eigenvalue weighted by Crippen LogP contribution is -2.47. The van der Waals surface area contributed by atoms with Gasteiger partial charge >= 0.3 is 0 Å². The molecule has 138 valence electrons. The molecule has 1 amide bonds. The molecule has 1 heterocycles. The number of benzene rings is 2. The van der Waals surface area contributed by atoms with E-state index in [1.54, 1.807) is 7.11 Å². The summed E-state index contributed by atoms with van der Waals surface area (Å²) in [5, 5.41) is 3.38. The average molecular weight is 417 g/mol. The average Bonchev–Trinajstić information content (AvgIpc) is 2.68.